The van der Waals surface area contributed by atoms with Crippen LogP contribution in [-0.2, 0) is 11.3 Å². The number of carbonyl (C=O) groups is 1. The predicted octanol–water partition coefficient (Wildman–Crippen LogP) is 0.945. The van der Waals surface area contributed by atoms with E-state index in [1.807, 2.05) is 5.38 Å². The van der Waals surface area contributed by atoms with E-state index in [1.165, 1.54) is 17.4 Å². The van der Waals surface area contributed by atoms with Crippen molar-refractivity contribution < 1.29 is 4.79 Å². The van der Waals surface area contributed by atoms with Gasteiger partial charge < -0.3 is 5.32 Å². The summed E-state index contributed by atoms with van der Waals surface area (Å²) >= 11 is 1.52. The summed E-state index contributed by atoms with van der Waals surface area (Å²) in [6, 6.07) is 0. The van der Waals surface area contributed by atoms with E-state index < -0.39 is 0 Å². The highest BCUT2D eigenvalue weighted by Gasteiger charge is 1.96. The van der Waals surface area contributed by atoms with Gasteiger partial charge in [0.25, 0.3) is 0 Å². The van der Waals surface area contributed by atoms with E-state index >= 15 is 0 Å². The van der Waals surface area contributed by atoms with Crippen molar-refractivity contribution in [1.82, 2.24) is 10.3 Å². The first-order valence-corrected chi connectivity index (χ1v) is 3.99. The molecule has 1 heterocycles. The highest BCUT2D eigenvalue weighted by molar-refractivity contribution is 7.09. The largest absolute Gasteiger partial charge is 0.346 e. The van der Waals surface area contributed by atoms with Crippen molar-refractivity contribution in [3.05, 3.63) is 29.2 Å². The molecule has 0 radical (unpaired) electrons. The summed E-state index contributed by atoms with van der Waals surface area (Å²) in [5.41, 5.74) is 0. The van der Waals surface area contributed by atoms with Gasteiger partial charge in [-0.3, -0.25) is 4.79 Å². The van der Waals surface area contributed by atoms with Crippen LogP contribution in [-0.4, -0.2) is 10.9 Å². The van der Waals surface area contributed by atoms with Crippen LogP contribution in [0.5, 0.6) is 0 Å². The summed E-state index contributed by atoms with van der Waals surface area (Å²) in [5.74, 6) is -0.166. The van der Waals surface area contributed by atoms with Crippen LogP contribution in [0.25, 0.3) is 0 Å². The zero-order valence-electron chi connectivity index (χ0n) is 5.91. The van der Waals surface area contributed by atoms with Crippen LogP contribution in [0.4, 0.5) is 0 Å². The van der Waals surface area contributed by atoms with Crippen LogP contribution < -0.4 is 5.32 Å². The molecule has 0 aliphatic heterocycles. The number of thiazole rings is 1. The molecular weight excluding hydrogens is 160 g/mol. The minimum Gasteiger partial charge on any atom is -0.346 e. The summed E-state index contributed by atoms with van der Waals surface area (Å²) in [7, 11) is 0. The summed E-state index contributed by atoms with van der Waals surface area (Å²) in [6.45, 7) is 3.82. The quantitative estimate of drug-likeness (QED) is 0.683. The van der Waals surface area contributed by atoms with E-state index in [9.17, 15) is 4.79 Å². The third kappa shape index (κ3) is 2.51. The lowest BCUT2D eigenvalue weighted by atomic mass is 10.5. The first-order chi connectivity index (χ1) is 5.33. The number of carbonyl (C=O) groups excluding carboxylic acids is 1. The number of aromatic nitrogens is 1. The summed E-state index contributed by atoms with van der Waals surface area (Å²) in [4.78, 5) is 14.6. The van der Waals surface area contributed by atoms with Crippen molar-refractivity contribution in [2.45, 2.75) is 6.54 Å². The Morgan fingerprint density at radius 2 is 2.73 bits per heavy atom. The molecule has 0 aliphatic carbocycles. The Balaban J connectivity index is 2.34. The van der Waals surface area contributed by atoms with Gasteiger partial charge in [-0.05, 0) is 6.08 Å². The zero-order chi connectivity index (χ0) is 8.10. The maximum absolute atomic E-state index is 10.7. The van der Waals surface area contributed by atoms with Crippen molar-refractivity contribution >= 4 is 17.2 Å². The fourth-order valence-corrected chi connectivity index (χ4v) is 1.13. The number of hydrogen-bond acceptors (Lipinski definition) is 3. The molecule has 0 unspecified atom stereocenters. The molecule has 4 heteroatoms. The molecule has 0 saturated carbocycles. The molecule has 1 aromatic rings. The van der Waals surface area contributed by atoms with E-state index in [2.05, 4.69) is 16.9 Å². The molecule has 0 saturated heterocycles. The van der Waals surface area contributed by atoms with E-state index in [1.54, 1.807) is 6.20 Å². The molecule has 11 heavy (non-hydrogen) atoms. The monoisotopic (exact) mass is 168 g/mol. The first-order valence-electron chi connectivity index (χ1n) is 3.11. The van der Waals surface area contributed by atoms with E-state index in [0.29, 0.717) is 6.54 Å². The van der Waals surface area contributed by atoms with Crippen molar-refractivity contribution in [1.29, 1.82) is 0 Å². The lowest BCUT2D eigenvalue weighted by Crippen LogP contribution is -2.19. The normalized spacial score (nSPS) is 9.09. The Labute approximate surface area is 68.8 Å². The third-order valence-electron chi connectivity index (χ3n) is 1.08. The van der Waals surface area contributed by atoms with E-state index in [0.717, 1.165) is 5.01 Å². The van der Waals surface area contributed by atoms with Crippen LogP contribution in [0.1, 0.15) is 5.01 Å². The van der Waals surface area contributed by atoms with Gasteiger partial charge in [0, 0.05) is 11.6 Å². The van der Waals surface area contributed by atoms with Gasteiger partial charge in [0.2, 0.25) is 5.91 Å². The highest BCUT2D eigenvalue weighted by Crippen LogP contribution is 2.02. The Kier molecular flexibility index (Phi) is 2.80. The molecule has 1 aromatic heterocycles. The van der Waals surface area contributed by atoms with Gasteiger partial charge in [-0.15, -0.1) is 11.3 Å². The average molecular weight is 168 g/mol. The number of nitrogens with zero attached hydrogens (tertiary/aromatic N) is 1. The van der Waals surface area contributed by atoms with Gasteiger partial charge in [0.1, 0.15) is 5.01 Å². The molecule has 0 aliphatic rings. The van der Waals surface area contributed by atoms with E-state index in [-0.39, 0.29) is 5.91 Å². The second-order valence-electron chi connectivity index (χ2n) is 1.85. The van der Waals surface area contributed by atoms with Crippen molar-refractivity contribution in [3.63, 3.8) is 0 Å². The van der Waals surface area contributed by atoms with Crippen LogP contribution in [0, 0.1) is 0 Å². The summed E-state index contributed by atoms with van der Waals surface area (Å²) in [5, 5.41) is 5.40. The Hall–Kier alpha value is -1.16. The minimum atomic E-state index is -0.166. The Bertz CT molecular complexity index is 243. The molecule has 0 fully saturated rings. The zero-order valence-corrected chi connectivity index (χ0v) is 6.73. The first kappa shape index (κ1) is 7.94. The second kappa shape index (κ2) is 3.88. The molecule has 1 rings (SSSR count). The highest BCUT2D eigenvalue weighted by atomic mass is 32.1. The topological polar surface area (TPSA) is 42.0 Å². The average Bonchev–Trinajstić information content (AvgIpc) is 2.52. The number of nitrogens with one attached hydrogen (secondary N) is 1. The van der Waals surface area contributed by atoms with Gasteiger partial charge in [-0.25, -0.2) is 4.98 Å². The number of rotatable bonds is 3. The fourth-order valence-electron chi connectivity index (χ4n) is 0.575. The van der Waals surface area contributed by atoms with Crippen LogP contribution in [0.2, 0.25) is 0 Å². The summed E-state index contributed by atoms with van der Waals surface area (Å²) in [6.07, 6.45) is 2.95. The molecule has 0 atom stereocenters. The molecule has 1 N–H and O–H groups in total. The van der Waals surface area contributed by atoms with Crippen molar-refractivity contribution in [2.75, 3.05) is 0 Å². The Morgan fingerprint density at radius 1 is 1.91 bits per heavy atom. The lowest BCUT2D eigenvalue weighted by molar-refractivity contribution is -0.116. The lowest BCUT2D eigenvalue weighted by Gasteiger charge is -1.95. The molecule has 0 spiro atoms. The van der Waals surface area contributed by atoms with Gasteiger partial charge >= 0.3 is 0 Å². The SMILES string of the molecule is C=CC(=O)NCc1nccs1. The third-order valence-corrected chi connectivity index (χ3v) is 1.86. The van der Waals surface area contributed by atoms with Crippen molar-refractivity contribution in [3.8, 4) is 0 Å². The van der Waals surface area contributed by atoms with Gasteiger partial charge in [-0.2, -0.15) is 0 Å². The van der Waals surface area contributed by atoms with Gasteiger partial charge in [0.15, 0.2) is 0 Å². The van der Waals surface area contributed by atoms with Crippen LogP contribution in [0.15, 0.2) is 24.2 Å². The molecule has 1 amide bonds. The van der Waals surface area contributed by atoms with Crippen molar-refractivity contribution in [2.24, 2.45) is 0 Å². The molecule has 0 bridgehead atoms. The minimum absolute atomic E-state index is 0.166. The van der Waals surface area contributed by atoms with Gasteiger partial charge in [0.05, 0.1) is 6.54 Å². The molecule has 0 aromatic carbocycles. The smallest absolute Gasteiger partial charge is 0.243 e. The maximum atomic E-state index is 10.7. The predicted molar refractivity (Wildman–Crippen MR) is 44.2 cm³/mol. The second-order valence-corrected chi connectivity index (χ2v) is 2.83. The van der Waals surface area contributed by atoms with Gasteiger partial charge in [-0.1, -0.05) is 6.58 Å². The Morgan fingerprint density at radius 3 is 3.27 bits per heavy atom. The number of hydrogen-bond donors (Lipinski definition) is 1. The fraction of sp³-hybridized carbons (Fsp3) is 0.143. The summed E-state index contributed by atoms with van der Waals surface area (Å²) < 4.78 is 0. The number of amides is 1. The van der Waals surface area contributed by atoms with Crippen LogP contribution in [0.3, 0.4) is 0 Å². The molecule has 58 valence electrons. The van der Waals surface area contributed by atoms with Crippen LogP contribution >= 0.6 is 11.3 Å². The molecule has 3 nitrogen and oxygen atoms in total. The molecular formula is C7H8N2OS. The van der Waals surface area contributed by atoms with E-state index in [4.69, 9.17) is 0 Å². The maximum Gasteiger partial charge on any atom is 0.243 e. The standard InChI is InChI=1S/C7H8N2OS/c1-2-6(10)9-5-7-8-3-4-11-7/h2-4H,1,5H2,(H,9,10).